The van der Waals surface area contributed by atoms with Crippen LogP contribution in [0.5, 0.6) is 5.75 Å². The molecule has 3 aromatic heterocycles. The van der Waals surface area contributed by atoms with Gasteiger partial charge in [-0.1, -0.05) is 0 Å². The van der Waals surface area contributed by atoms with Crippen LogP contribution < -0.4 is 16.2 Å². The summed E-state index contributed by atoms with van der Waals surface area (Å²) >= 11 is 0. The van der Waals surface area contributed by atoms with Gasteiger partial charge in [-0.2, -0.15) is 0 Å². The molecule has 1 aliphatic heterocycles. The summed E-state index contributed by atoms with van der Waals surface area (Å²) in [5.74, 6) is 1.96. The fourth-order valence-electron chi connectivity index (χ4n) is 7.50. The normalized spacial score (nSPS) is 27.1. The van der Waals surface area contributed by atoms with E-state index in [-0.39, 0.29) is 35.9 Å². The Morgan fingerprint density at radius 3 is 2.63 bits per heavy atom. The van der Waals surface area contributed by atoms with E-state index >= 15 is 0 Å². The minimum Gasteiger partial charge on any atom is -0.494 e. The van der Waals surface area contributed by atoms with Crippen LogP contribution in [0.2, 0.25) is 0 Å². The maximum atomic E-state index is 13.8. The van der Waals surface area contributed by atoms with Crippen molar-refractivity contribution in [1.82, 2.24) is 24.0 Å². The van der Waals surface area contributed by atoms with Gasteiger partial charge in [0, 0.05) is 54.3 Å². The number of hydrogen-bond acceptors (Lipinski definition) is 6. The number of amides is 2. The Bertz CT molecular complexity index is 1710. The monoisotopic (exact) mass is 553 g/mol. The molecule has 4 aliphatic rings. The van der Waals surface area contributed by atoms with E-state index in [0.717, 1.165) is 47.5 Å². The summed E-state index contributed by atoms with van der Waals surface area (Å²) in [4.78, 5) is 37.6. The van der Waals surface area contributed by atoms with E-state index in [1.165, 1.54) is 12.8 Å². The van der Waals surface area contributed by atoms with Crippen molar-refractivity contribution in [2.45, 2.75) is 63.2 Å². The zero-order valence-corrected chi connectivity index (χ0v) is 23.2. The molecule has 2 unspecified atom stereocenters. The largest absolute Gasteiger partial charge is 0.494 e. The van der Waals surface area contributed by atoms with Gasteiger partial charge in [0.1, 0.15) is 16.9 Å². The highest BCUT2D eigenvalue weighted by Crippen LogP contribution is 2.46. The number of hydrogen-bond donors (Lipinski definition) is 2. The lowest BCUT2D eigenvalue weighted by Crippen LogP contribution is -2.41. The molecule has 4 heterocycles. The molecule has 41 heavy (non-hydrogen) atoms. The van der Waals surface area contributed by atoms with Crippen molar-refractivity contribution in [1.29, 1.82) is 0 Å². The highest BCUT2D eigenvalue weighted by Gasteiger charge is 2.47. The molecular weight excluding hydrogens is 518 g/mol. The van der Waals surface area contributed by atoms with Crippen molar-refractivity contribution in [2.75, 3.05) is 13.7 Å². The molecule has 10 nitrogen and oxygen atoms in total. The molecule has 1 saturated heterocycles. The Morgan fingerprint density at radius 1 is 1.12 bits per heavy atom. The van der Waals surface area contributed by atoms with E-state index in [2.05, 4.69) is 21.3 Å². The second-order valence-electron chi connectivity index (χ2n) is 12.5. The maximum Gasteiger partial charge on any atom is 0.254 e. The van der Waals surface area contributed by atoms with Gasteiger partial charge in [-0.25, -0.2) is 9.97 Å². The quantitative estimate of drug-likeness (QED) is 0.360. The number of fused-ring (bicyclic) bond motifs is 4. The number of nitrogens with two attached hydrogens (primary N) is 2. The number of ether oxygens (including phenoxy) is 1. The number of benzene rings is 1. The second-order valence-corrected chi connectivity index (χ2v) is 12.5. The first-order chi connectivity index (χ1) is 19.9. The summed E-state index contributed by atoms with van der Waals surface area (Å²) in [5, 5.41) is 1.06. The Hall–Kier alpha value is -3.92. The smallest absolute Gasteiger partial charge is 0.254 e. The third kappa shape index (κ3) is 3.80. The van der Waals surface area contributed by atoms with E-state index < -0.39 is 0 Å². The zero-order chi connectivity index (χ0) is 28.0. The van der Waals surface area contributed by atoms with Crippen molar-refractivity contribution in [3.05, 3.63) is 42.1 Å². The van der Waals surface area contributed by atoms with Gasteiger partial charge in [0.15, 0.2) is 5.82 Å². The highest BCUT2D eigenvalue weighted by atomic mass is 16.5. The summed E-state index contributed by atoms with van der Waals surface area (Å²) in [5.41, 5.74) is 16.1. The number of likely N-dealkylation sites (tertiary alicyclic amines) is 1. The Balaban J connectivity index is 1.29. The van der Waals surface area contributed by atoms with Crippen LogP contribution in [-0.2, 0) is 11.3 Å². The number of primary amides is 1. The van der Waals surface area contributed by atoms with Gasteiger partial charge in [-0.15, -0.1) is 0 Å². The Labute approximate surface area is 237 Å². The maximum absolute atomic E-state index is 13.8. The average molecular weight is 554 g/mol. The third-order valence-corrected chi connectivity index (χ3v) is 10.0. The molecule has 2 amide bonds. The summed E-state index contributed by atoms with van der Waals surface area (Å²) in [7, 11) is 1.63. The number of aromatic nitrogens is 4. The number of rotatable bonds is 7. The van der Waals surface area contributed by atoms with Crippen LogP contribution in [0.15, 0.2) is 36.5 Å². The van der Waals surface area contributed by atoms with Crippen molar-refractivity contribution in [3.63, 3.8) is 0 Å². The minimum absolute atomic E-state index is 0.0200. The molecule has 4 N–H and O–H groups in total. The number of carbonyl (C=O) groups is 2. The number of pyridine rings is 1. The lowest BCUT2D eigenvalue weighted by molar-refractivity contribution is -0.125. The van der Waals surface area contributed by atoms with Crippen LogP contribution in [0.3, 0.4) is 0 Å². The molecule has 3 saturated carbocycles. The van der Waals surface area contributed by atoms with Crippen molar-refractivity contribution >= 4 is 33.9 Å². The van der Waals surface area contributed by atoms with Gasteiger partial charge >= 0.3 is 0 Å². The van der Waals surface area contributed by atoms with Crippen LogP contribution in [-0.4, -0.2) is 61.6 Å². The van der Waals surface area contributed by atoms with Crippen LogP contribution in [0.25, 0.3) is 33.6 Å². The first-order valence-corrected chi connectivity index (χ1v) is 14.8. The number of imidazole rings is 1. The van der Waals surface area contributed by atoms with E-state index in [0.29, 0.717) is 48.1 Å². The summed E-state index contributed by atoms with van der Waals surface area (Å²) in [6, 6.07) is 10.1. The van der Waals surface area contributed by atoms with Gasteiger partial charge in [-0.3, -0.25) is 9.59 Å². The average Bonchev–Trinajstić information content (AvgIpc) is 3.29. The highest BCUT2D eigenvalue weighted by molar-refractivity contribution is 6.00. The molecule has 4 aromatic rings. The Morgan fingerprint density at radius 2 is 1.95 bits per heavy atom. The zero-order valence-electron chi connectivity index (χ0n) is 23.2. The molecule has 3 aliphatic carbocycles. The third-order valence-electron chi connectivity index (χ3n) is 10.0. The first-order valence-electron chi connectivity index (χ1n) is 14.8. The number of methoxy groups -OCH3 is 1. The molecular formula is C31H35N7O3. The van der Waals surface area contributed by atoms with Gasteiger partial charge in [0.2, 0.25) is 5.91 Å². The molecule has 4 fully saturated rings. The fraction of sp³-hybridized carbons (Fsp3) is 0.484. The molecule has 212 valence electrons. The van der Waals surface area contributed by atoms with Crippen LogP contribution >= 0.6 is 0 Å². The number of nitrogens with zero attached hydrogens (tertiary/aromatic N) is 5. The molecule has 1 aromatic carbocycles. The summed E-state index contributed by atoms with van der Waals surface area (Å²) in [6.45, 7) is 1.59. The summed E-state index contributed by atoms with van der Waals surface area (Å²) < 4.78 is 10.4. The molecule has 2 bridgehead atoms. The van der Waals surface area contributed by atoms with E-state index in [1.54, 1.807) is 7.11 Å². The van der Waals surface area contributed by atoms with E-state index in [1.807, 2.05) is 29.3 Å². The van der Waals surface area contributed by atoms with E-state index in [4.69, 9.17) is 26.2 Å². The molecule has 8 rings (SSSR count). The lowest BCUT2D eigenvalue weighted by Gasteiger charge is -2.35. The SMILES string of the molecule is COc1cc(C(=O)N2CC3CCC2[C@@H]3N)cc2nc(-c3cc4cccnc4n3CC3CC3)n(C3CC(C(N)=O)C3)c12. The van der Waals surface area contributed by atoms with Crippen molar-refractivity contribution < 1.29 is 14.3 Å². The Kier molecular flexibility index (Phi) is 5.48. The molecule has 3 atom stereocenters. The van der Waals surface area contributed by atoms with Gasteiger partial charge in [0.25, 0.3) is 5.91 Å². The van der Waals surface area contributed by atoms with Crippen LogP contribution in [0.4, 0.5) is 0 Å². The van der Waals surface area contributed by atoms with Crippen LogP contribution in [0, 0.1) is 17.8 Å². The number of piperidine rings is 1. The van der Waals surface area contributed by atoms with Crippen molar-refractivity contribution in [2.24, 2.45) is 29.2 Å². The first kappa shape index (κ1) is 24.8. The summed E-state index contributed by atoms with van der Waals surface area (Å²) in [6.07, 6.45) is 7.60. The number of carbonyl (C=O) groups excluding carboxylic acids is 2. The predicted molar refractivity (Wildman–Crippen MR) is 154 cm³/mol. The standard InChI is InChI=1S/C31H35N7O3/c1-41-25-13-20(31(40)37-15-18-6-7-23(37)26(18)32)11-22-27(25)38(21-9-19(10-21)28(33)39)30(35-22)24-12-17-3-2-8-34-29(17)36(24)14-16-4-5-16/h2-3,8,11-13,16,18-19,21,23,26H,4-7,9-10,14-15,32H2,1H3,(H2,33,39)/t18?,19?,21?,23?,26-/m1/s1. The van der Waals surface area contributed by atoms with Crippen molar-refractivity contribution in [3.8, 4) is 17.3 Å². The van der Waals surface area contributed by atoms with Gasteiger partial charge in [0.05, 0.1) is 18.3 Å². The second kappa shape index (κ2) is 9.04. The van der Waals surface area contributed by atoms with Gasteiger partial charge in [-0.05, 0) is 80.7 Å². The molecule has 0 spiro atoms. The molecule has 0 radical (unpaired) electrons. The topological polar surface area (TPSA) is 134 Å². The fourth-order valence-corrected chi connectivity index (χ4v) is 7.50. The minimum atomic E-state index is -0.266. The van der Waals surface area contributed by atoms with Gasteiger partial charge < -0.3 is 30.2 Å². The molecule has 10 heteroatoms. The van der Waals surface area contributed by atoms with E-state index in [9.17, 15) is 9.59 Å². The predicted octanol–water partition coefficient (Wildman–Crippen LogP) is 3.47. The van der Waals surface area contributed by atoms with Crippen LogP contribution in [0.1, 0.15) is 54.9 Å². The lowest BCUT2D eigenvalue weighted by atomic mass is 9.79.